The summed E-state index contributed by atoms with van der Waals surface area (Å²) in [5.41, 5.74) is 8.54. The number of nitrogens with zero attached hydrogens (tertiary/aromatic N) is 1. The summed E-state index contributed by atoms with van der Waals surface area (Å²) in [6, 6.07) is 6.21. The van der Waals surface area contributed by atoms with Crippen molar-refractivity contribution in [2.45, 2.75) is 52.5 Å². The minimum absolute atomic E-state index is 0.0214. The van der Waals surface area contributed by atoms with E-state index in [2.05, 4.69) is 30.9 Å². The molecule has 1 aromatic carbocycles. The van der Waals surface area contributed by atoms with Crippen LogP contribution in [0.4, 0.5) is 5.69 Å². The standard InChI is InChI=1S/C17H30N2O/c1-5-7-12-19(13-8-6-2)15-10-9-11-16(20-4)17(15)14(3)18/h9-11,14H,5-8,12-13,18H2,1-4H3/t14-/m1/s1. The van der Waals surface area contributed by atoms with Crippen LogP contribution >= 0.6 is 0 Å². The van der Waals surface area contributed by atoms with Gasteiger partial charge in [-0.15, -0.1) is 0 Å². The molecule has 0 amide bonds. The van der Waals surface area contributed by atoms with E-state index in [1.165, 1.54) is 31.4 Å². The summed E-state index contributed by atoms with van der Waals surface area (Å²) in [7, 11) is 1.72. The van der Waals surface area contributed by atoms with Gasteiger partial charge in [0.15, 0.2) is 0 Å². The highest BCUT2D eigenvalue weighted by molar-refractivity contribution is 5.60. The van der Waals surface area contributed by atoms with Crippen molar-refractivity contribution in [1.29, 1.82) is 0 Å². The highest BCUT2D eigenvalue weighted by atomic mass is 16.5. The Balaban J connectivity index is 3.09. The molecule has 1 aromatic rings. The van der Waals surface area contributed by atoms with Gasteiger partial charge < -0.3 is 15.4 Å². The lowest BCUT2D eigenvalue weighted by atomic mass is 10.0. The first-order valence-corrected chi connectivity index (χ1v) is 7.83. The molecule has 0 aliphatic rings. The van der Waals surface area contributed by atoms with E-state index in [-0.39, 0.29) is 6.04 Å². The van der Waals surface area contributed by atoms with Crippen molar-refractivity contribution in [3.05, 3.63) is 23.8 Å². The van der Waals surface area contributed by atoms with E-state index < -0.39 is 0 Å². The maximum Gasteiger partial charge on any atom is 0.125 e. The minimum Gasteiger partial charge on any atom is -0.496 e. The van der Waals surface area contributed by atoms with Gasteiger partial charge in [-0.3, -0.25) is 0 Å². The van der Waals surface area contributed by atoms with E-state index in [0.717, 1.165) is 24.4 Å². The number of benzene rings is 1. The Hall–Kier alpha value is -1.22. The monoisotopic (exact) mass is 278 g/mol. The number of anilines is 1. The van der Waals surface area contributed by atoms with Gasteiger partial charge in [0.25, 0.3) is 0 Å². The molecule has 3 heteroatoms. The van der Waals surface area contributed by atoms with E-state index in [9.17, 15) is 0 Å². The van der Waals surface area contributed by atoms with Crippen molar-refractivity contribution >= 4 is 5.69 Å². The molecule has 0 aliphatic carbocycles. The Labute approximate surface area is 124 Å². The fourth-order valence-corrected chi connectivity index (χ4v) is 2.49. The van der Waals surface area contributed by atoms with E-state index in [1.54, 1.807) is 7.11 Å². The summed E-state index contributed by atoms with van der Waals surface area (Å²) in [6.45, 7) is 8.66. The number of methoxy groups -OCH3 is 1. The van der Waals surface area contributed by atoms with Crippen LogP contribution in [0.1, 0.15) is 58.1 Å². The van der Waals surface area contributed by atoms with Gasteiger partial charge in [0, 0.05) is 30.4 Å². The summed E-state index contributed by atoms with van der Waals surface area (Å²) >= 11 is 0. The Morgan fingerprint density at radius 3 is 2.20 bits per heavy atom. The summed E-state index contributed by atoms with van der Waals surface area (Å²) in [5, 5.41) is 0. The van der Waals surface area contributed by atoms with Gasteiger partial charge in [-0.05, 0) is 31.9 Å². The number of ether oxygens (including phenoxy) is 1. The van der Waals surface area contributed by atoms with Gasteiger partial charge in [0.1, 0.15) is 5.75 Å². The first-order chi connectivity index (χ1) is 9.65. The van der Waals surface area contributed by atoms with Gasteiger partial charge in [-0.1, -0.05) is 32.8 Å². The molecule has 0 aromatic heterocycles. The molecule has 0 fully saturated rings. The predicted octanol–water partition coefficient (Wildman–Crippen LogP) is 4.12. The van der Waals surface area contributed by atoms with Crippen LogP contribution < -0.4 is 15.4 Å². The number of nitrogens with two attached hydrogens (primary N) is 1. The molecule has 20 heavy (non-hydrogen) atoms. The second-order valence-electron chi connectivity index (χ2n) is 5.38. The molecule has 1 rings (SSSR count). The number of hydrogen-bond donors (Lipinski definition) is 1. The summed E-state index contributed by atoms with van der Waals surface area (Å²) in [5.74, 6) is 0.899. The Morgan fingerprint density at radius 1 is 1.15 bits per heavy atom. The summed E-state index contributed by atoms with van der Waals surface area (Å²) in [6.07, 6.45) is 4.83. The third-order valence-electron chi connectivity index (χ3n) is 3.62. The topological polar surface area (TPSA) is 38.5 Å². The van der Waals surface area contributed by atoms with Crippen LogP contribution in [0.3, 0.4) is 0 Å². The van der Waals surface area contributed by atoms with E-state index in [1.807, 2.05) is 13.0 Å². The van der Waals surface area contributed by atoms with Gasteiger partial charge >= 0.3 is 0 Å². The van der Waals surface area contributed by atoms with Gasteiger partial charge in [-0.2, -0.15) is 0 Å². The third kappa shape index (κ3) is 4.41. The van der Waals surface area contributed by atoms with Crippen LogP contribution in [0.5, 0.6) is 5.75 Å². The lowest BCUT2D eigenvalue weighted by Gasteiger charge is -2.29. The smallest absolute Gasteiger partial charge is 0.125 e. The normalized spacial score (nSPS) is 12.2. The van der Waals surface area contributed by atoms with E-state index in [0.29, 0.717) is 0 Å². The van der Waals surface area contributed by atoms with Crippen molar-refractivity contribution in [2.24, 2.45) is 5.73 Å². The van der Waals surface area contributed by atoms with Gasteiger partial charge in [0.05, 0.1) is 7.11 Å². The molecular formula is C17H30N2O. The van der Waals surface area contributed by atoms with Gasteiger partial charge in [-0.25, -0.2) is 0 Å². The average molecular weight is 278 g/mol. The first-order valence-electron chi connectivity index (χ1n) is 7.83. The number of unbranched alkanes of at least 4 members (excludes halogenated alkanes) is 2. The van der Waals surface area contributed by atoms with Crippen LogP contribution in [0.2, 0.25) is 0 Å². The zero-order valence-corrected chi connectivity index (χ0v) is 13.5. The maximum atomic E-state index is 6.18. The molecule has 0 spiro atoms. The Morgan fingerprint density at radius 2 is 1.75 bits per heavy atom. The zero-order chi connectivity index (χ0) is 15.0. The van der Waals surface area contributed by atoms with Crippen LogP contribution in [-0.4, -0.2) is 20.2 Å². The highest BCUT2D eigenvalue weighted by Gasteiger charge is 2.17. The molecule has 114 valence electrons. The van der Waals surface area contributed by atoms with E-state index >= 15 is 0 Å². The Kier molecular flexibility index (Phi) is 7.45. The lowest BCUT2D eigenvalue weighted by molar-refractivity contribution is 0.407. The molecule has 2 N–H and O–H groups in total. The first kappa shape index (κ1) is 16.8. The predicted molar refractivity (Wildman–Crippen MR) is 87.6 cm³/mol. The molecule has 3 nitrogen and oxygen atoms in total. The molecule has 0 aliphatic heterocycles. The SMILES string of the molecule is CCCCN(CCCC)c1cccc(OC)c1[C@@H](C)N. The fraction of sp³-hybridized carbons (Fsp3) is 0.647. The average Bonchev–Trinajstić information content (AvgIpc) is 2.46. The van der Waals surface area contributed by atoms with Crippen molar-refractivity contribution in [3.8, 4) is 5.75 Å². The second kappa shape index (κ2) is 8.85. The molecule has 0 heterocycles. The van der Waals surface area contributed by atoms with Crippen molar-refractivity contribution in [3.63, 3.8) is 0 Å². The number of rotatable bonds is 9. The van der Waals surface area contributed by atoms with Crippen molar-refractivity contribution < 1.29 is 4.74 Å². The largest absolute Gasteiger partial charge is 0.496 e. The molecule has 0 unspecified atom stereocenters. The third-order valence-corrected chi connectivity index (χ3v) is 3.62. The maximum absolute atomic E-state index is 6.18. The highest BCUT2D eigenvalue weighted by Crippen LogP contribution is 2.34. The van der Waals surface area contributed by atoms with Gasteiger partial charge in [0.2, 0.25) is 0 Å². The fourth-order valence-electron chi connectivity index (χ4n) is 2.49. The zero-order valence-electron chi connectivity index (χ0n) is 13.5. The molecule has 0 saturated carbocycles. The number of hydrogen-bond acceptors (Lipinski definition) is 3. The quantitative estimate of drug-likeness (QED) is 0.738. The molecule has 0 bridgehead atoms. The summed E-state index contributed by atoms with van der Waals surface area (Å²) in [4.78, 5) is 2.47. The molecule has 1 atom stereocenters. The molecule has 0 radical (unpaired) electrons. The summed E-state index contributed by atoms with van der Waals surface area (Å²) < 4.78 is 5.50. The van der Waals surface area contributed by atoms with Crippen molar-refractivity contribution in [2.75, 3.05) is 25.1 Å². The second-order valence-corrected chi connectivity index (χ2v) is 5.38. The molecular weight excluding hydrogens is 248 g/mol. The van der Waals surface area contributed by atoms with E-state index in [4.69, 9.17) is 10.5 Å². The lowest BCUT2D eigenvalue weighted by Crippen LogP contribution is -2.28. The van der Waals surface area contributed by atoms with Crippen molar-refractivity contribution in [1.82, 2.24) is 0 Å². The minimum atomic E-state index is -0.0214. The van der Waals surface area contributed by atoms with Crippen LogP contribution in [0, 0.1) is 0 Å². The molecule has 0 saturated heterocycles. The van der Waals surface area contributed by atoms with Crippen LogP contribution in [0.25, 0.3) is 0 Å². The van der Waals surface area contributed by atoms with Crippen LogP contribution in [-0.2, 0) is 0 Å². The Bertz CT molecular complexity index is 383. The van der Waals surface area contributed by atoms with Crippen LogP contribution in [0.15, 0.2) is 18.2 Å².